The molecule has 0 fully saturated rings. The summed E-state index contributed by atoms with van der Waals surface area (Å²) >= 11 is 1.57. The van der Waals surface area contributed by atoms with Gasteiger partial charge in [-0.2, -0.15) is 5.10 Å². The third kappa shape index (κ3) is 4.05. The average Bonchev–Trinajstić information content (AvgIpc) is 3.06. The highest BCUT2D eigenvalue weighted by Crippen LogP contribution is 2.49. The third-order valence-corrected chi connectivity index (χ3v) is 5.93. The fourth-order valence-corrected chi connectivity index (χ4v) is 4.49. The molecule has 144 valence electrons. The van der Waals surface area contributed by atoms with E-state index < -0.39 is 4.92 Å². The lowest BCUT2D eigenvalue weighted by Gasteiger charge is -2.12. The van der Waals surface area contributed by atoms with Gasteiger partial charge in [-0.05, 0) is 39.9 Å². The fraction of sp³-hybridized carbons (Fsp3) is 0.0909. The number of nitro groups is 1. The van der Waals surface area contributed by atoms with Gasteiger partial charge in [-0.3, -0.25) is 14.9 Å². The van der Waals surface area contributed by atoms with Crippen molar-refractivity contribution in [2.45, 2.75) is 5.25 Å². The molecular weight excluding hydrogens is 386 g/mol. The molecule has 0 atom stereocenters. The molecule has 0 radical (unpaired) electrons. The Hall–Kier alpha value is -3.45. The maximum absolute atomic E-state index is 12.2. The first-order valence-corrected chi connectivity index (χ1v) is 10.0. The maximum atomic E-state index is 12.2. The quantitative estimate of drug-likeness (QED) is 0.372. The van der Waals surface area contributed by atoms with Gasteiger partial charge < -0.3 is 0 Å². The Kier molecular flexibility index (Phi) is 5.39. The van der Waals surface area contributed by atoms with Crippen molar-refractivity contribution in [3.63, 3.8) is 0 Å². The molecule has 1 aliphatic carbocycles. The Balaban J connectivity index is 1.37. The molecule has 6 nitrogen and oxygen atoms in total. The standard InChI is InChI=1S/C22H17N3O3S/c26-21(24-23-13-15-9-11-16(12-10-15)25(27)28)14-29-22-19-7-3-1-5-17(19)18-6-2-4-8-20(18)22/h1-13,22H,14H2,(H,24,26)/b23-13-. The van der Waals surface area contributed by atoms with Crippen molar-refractivity contribution in [1.82, 2.24) is 5.43 Å². The van der Waals surface area contributed by atoms with E-state index in [-0.39, 0.29) is 22.6 Å². The van der Waals surface area contributed by atoms with Crippen molar-refractivity contribution >= 4 is 29.6 Å². The Morgan fingerprint density at radius 1 is 1.00 bits per heavy atom. The molecule has 0 saturated heterocycles. The van der Waals surface area contributed by atoms with Gasteiger partial charge in [0.15, 0.2) is 0 Å². The second-order valence-corrected chi connectivity index (χ2v) is 7.60. The summed E-state index contributed by atoms with van der Waals surface area (Å²) in [6.45, 7) is 0. The van der Waals surface area contributed by atoms with Crippen LogP contribution in [0.4, 0.5) is 5.69 Å². The van der Waals surface area contributed by atoms with Crippen LogP contribution in [0, 0.1) is 10.1 Å². The van der Waals surface area contributed by atoms with Gasteiger partial charge in [0.25, 0.3) is 5.69 Å². The van der Waals surface area contributed by atoms with E-state index in [4.69, 9.17) is 0 Å². The molecule has 29 heavy (non-hydrogen) atoms. The highest BCUT2D eigenvalue weighted by Gasteiger charge is 2.28. The molecule has 4 rings (SSSR count). The van der Waals surface area contributed by atoms with E-state index in [1.54, 1.807) is 23.9 Å². The zero-order valence-corrected chi connectivity index (χ0v) is 16.1. The van der Waals surface area contributed by atoms with Gasteiger partial charge in [-0.25, -0.2) is 5.43 Å². The second kappa shape index (κ2) is 8.28. The van der Waals surface area contributed by atoms with Crippen LogP contribution in [0.5, 0.6) is 0 Å². The van der Waals surface area contributed by atoms with Gasteiger partial charge in [0.1, 0.15) is 0 Å². The van der Waals surface area contributed by atoms with Crippen molar-refractivity contribution in [2.24, 2.45) is 5.10 Å². The normalized spacial score (nSPS) is 12.6. The van der Waals surface area contributed by atoms with Crippen LogP contribution < -0.4 is 5.43 Å². The number of nitro benzene ring substituents is 1. The zero-order valence-electron chi connectivity index (χ0n) is 15.3. The number of carbonyl (C=O) groups is 1. The van der Waals surface area contributed by atoms with E-state index in [1.165, 1.54) is 40.6 Å². The Morgan fingerprint density at radius 2 is 1.59 bits per heavy atom. The molecular formula is C22H17N3O3S. The van der Waals surface area contributed by atoms with Crippen LogP contribution in [0.25, 0.3) is 11.1 Å². The number of nitrogens with one attached hydrogen (secondary N) is 1. The van der Waals surface area contributed by atoms with Crippen LogP contribution in [0.2, 0.25) is 0 Å². The number of amides is 1. The van der Waals surface area contributed by atoms with Crippen molar-refractivity contribution in [3.05, 3.63) is 99.6 Å². The monoisotopic (exact) mass is 403 g/mol. The molecule has 0 aliphatic heterocycles. The zero-order chi connectivity index (χ0) is 20.2. The molecule has 3 aromatic carbocycles. The maximum Gasteiger partial charge on any atom is 0.269 e. The third-order valence-electron chi connectivity index (χ3n) is 4.66. The van der Waals surface area contributed by atoms with E-state index in [0.717, 1.165) is 0 Å². The van der Waals surface area contributed by atoms with Crippen molar-refractivity contribution in [3.8, 4) is 11.1 Å². The average molecular weight is 403 g/mol. The molecule has 0 bridgehead atoms. The topological polar surface area (TPSA) is 84.6 Å². The van der Waals surface area contributed by atoms with Gasteiger partial charge in [-0.15, -0.1) is 11.8 Å². The molecule has 0 saturated carbocycles. The minimum absolute atomic E-state index is 0.0136. The van der Waals surface area contributed by atoms with Crippen LogP contribution in [0.3, 0.4) is 0 Å². The molecule has 0 aromatic heterocycles. The minimum Gasteiger partial charge on any atom is -0.272 e. The number of hydrazone groups is 1. The van der Waals surface area contributed by atoms with Crippen LogP contribution in [0.15, 0.2) is 77.9 Å². The number of carbonyl (C=O) groups excluding carboxylic acids is 1. The number of nitrogens with zero attached hydrogens (tertiary/aromatic N) is 2. The smallest absolute Gasteiger partial charge is 0.269 e. The minimum atomic E-state index is -0.459. The highest BCUT2D eigenvalue weighted by molar-refractivity contribution is 8.00. The molecule has 3 aromatic rings. The first kappa shape index (κ1) is 18.9. The van der Waals surface area contributed by atoms with Gasteiger partial charge in [0, 0.05) is 12.1 Å². The number of hydrogen-bond donors (Lipinski definition) is 1. The summed E-state index contributed by atoms with van der Waals surface area (Å²) in [6, 6.07) is 22.5. The van der Waals surface area contributed by atoms with E-state index in [0.29, 0.717) is 5.56 Å². The number of hydrogen-bond acceptors (Lipinski definition) is 5. The van der Waals surface area contributed by atoms with E-state index in [9.17, 15) is 14.9 Å². The number of rotatable bonds is 6. The van der Waals surface area contributed by atoms with Crippen LogP contribution >= 0.6 is 11.8 Å². The summed E-state index contributed by atoms with van der Waals surface area (Å²) in [5.74, 6) is 0.0697. The number of fused-ring (bicyclic) bond motifs is 3. The summed E-state index contributed by atoms with van der Waals surface area (Å²) in [5.41, 5.74) is 8.08. The molecule has 7 heteroatoms. The Bertz CT molecular complexity index is 1050. The summed E-state index contributed by atoms with van der Waals surface area (Å²) in [6.07, 6.45) is 1.46. The summed E-state index contributed by atoms with van der Waals surface area (Å²) in [5, 5.41) is 14.7. The van der Waals surface area contributed by atoms with Crippen LogP contribution in [-0.2, 0) is 4.79 Å². The number of non-ortho nitro benzene ring substituents is 1. The predicted octanol–water partition coefficient (Wildman–Crippen LogP) is 4.55. The van der Waals surface area contributed by atoms with Crippen molar-refractivity contribution in [2.75, 3.05) is 5.75 Å². The van der Waals surface area contributed by atoms with E-state index in [1.807, 2.05) is 24.3 Å². The predicted molar refractivity (Wildman–Crippen MR) is 115 cm³/mol. The summed E-state index contributed by atoms with van der Waals surface area (Å²) in [7, 11) is 0. The number of thioether (sulfide) groups is 1. The first-order chi connectivity index (χ1) is 14.1. The van der Waals surface area contributed by atoms with Gasteiger partial charge in [-0.1, -0.05) is 48.5 Å². The number of benzene rings is 3. The van der Waals surface area contributed by atoms with Gasteiger partial charge in [0.2, 0.25) is 5.91 Å². The van der Waals surface area contributed by atoms with Crippen molar-refractivity contribution in [1.29, 1.82) is 0 Å². The van der Waals surface area contributed by atoms with Gasteiger partial charge in [0.05, 0.1) is 22.1 Å². The summed E-state index contributed by atoms with van der Waals surface area (Å²) < 4.78 is 0. The molecule has 1 amide bonds. The Labute approximate surface area is 171 Å². The largest absolute Gasteiger partial charge is 0.272 e. The SMILES string of the molecule is O=C(CSC1c2ccccc2-c2ccccc21)N/N=C\c1ccc([N+](=O)[O-])cc1. The molecule has 0 unspecified atom stereocenters. The van der Waals surface area contributed by atoms with Crippen LogP contribution in [-0.4, -0.2) is 22.8 Å². The second-order valence-electron chi connectivity index (χ2n) is 6.51. The Morgan fingerprint density at radius 3 is 2.17 bits per heavy atom. The lowest BCUT2D eigenvalue weighted by molar-refractivity contribution is -0.384. The fourth-order valence-electron chi connectivity index (χ4n) is 3.34. The van der Waals surface area contributed by atoms with Crippen LogP contribution in [0.1, 0.15) is 21.9 Å². The summed E-state index contributed by atoms with van der Waals surface area (Å²) in [4.78, 5) is 22.4. The first-order valence-electron chi connectivity index (χ1n) is 8.99. The molecule has 0 heterocycles. The van der Waals surface area contributed by atoms with E-state index in [2.05, 4.69) is 34.8 Å². The van der Waals surface area contributed by atoms with Crippen molar-refractivity contribution < 1.29 is 9.72 Å². The molecule has 1 N–H and O–H groups in total. The molecule has 1 aliphatic rings. The van der Waals surface area contributed by atoms with E-state index >= 15 is 0 Å². The lowest BCUT2D eigenvalue weighted by atomic mass is 10.1. The lowest BCUT2D eigenvalue weighted by Crippen LogP contribution is -2.20. The molecule has 0 spiro atoms. The highest BCUT2D eigenvalue weighted by atomic mass is 32.2. The van der Waals surface area contributed by atoms with Gasteiger partial charge >= 0.3 is 0 Å².